The fraction of sp³-hybridized carbons (Fsp3) is 0.680. The minimum Gasteiger partial charge on any atom is -0.449 e. The van der Waals surface area contributed by atoms with E-state index in [2.05, 4.69) is 0 Å². The molecular weight excluding hydrogens is 450 g/mol. The minimum absolute atomic E-state index is 0.0261. The van der Waals surface area contributed by atoms with Crippen LogP contribution in [0.25, 0.3) is 0 Å². The number of carbonyl (C=O) groups is 4. The zero-order valence-corrected chi connectivity index (χ0v) is 20.2. The summed E-state index contributed by atoms with van der Waals surface area (Å²) in [5.41, 5.74) is -5.72. The molecule has 3 fully saturated rings. The molecule has 0 unspecified atom stereocenters. The fourth-order valence-electron chi connectivity index (χ4n) is 7.36. The topological polar surface area (TPSA) is 77.5 Å². The quantitative estimate of drug-likeness (QED) is 0.544. The van der Waals surface area contributed by atoms with Gasteiger partial charge in [0.1, 0.15) is 6.01 Å². The van der Waals surface area contributed by atoms with Crippen molar-refractivity contribution in [1.29, 1.82) is 0 Å². The smallest absolute Gasteiger partial charge is 0.306 e. The number of fused-ring (bicyclic) bond motifs is 5. The lowest BCUT2D eigenvalue weighted by molar-refractivity contribution is -0.198. The number of ketones is 2. The molecule has 0 aliphatic heterocycles. The summed E-state index contributed by atoms with van der Waals surface area (Å²) in [7, 11) is 0. The SMILES string of the molecule is CCC(=O)O[C@]1(C(=O)SCF)[C@H](C)C[C@H]2[C@@H]3CCC4=CC(=O)C=C[C@]4(C)[C@@]3(F)C(=O)C[C@@]21C. The number of rotatable bonds is 4. The molecule has 7 atom stereocenters. The molecule has 180 valence electrons. The van der Waals surface area contributed by atoms with E-state index in [1.54, 1.807) is 27.7 Å². The Morgan fingerprint density at radius 2 is 1.94 bits per heavy atom. The fourth-order valence-corrected chi connectivity index (χ4v) is 8.15. The molecule has 3 saturated carbocycles. The standard InChI is InChI=1S/C25H30F2O5S/c1-5-20(30)32-25(21(31)33-13-26)14(2)10-18-17-7-6-15-11-16(28)8-9-22(15,3)24(17,27)19(29)12-23(18,25)4/h8-9,11,14,17-18H,5-7,10,12-13H2,1-4H3/t14-,17+,18+,22+,23+,24+,25+/m1/s1. The second kappa shape index (κ2) is 7.85. The van der Waals surface area contributed by atoms with Crippen molar-refractivity contribution in [3.05, 3.63) is 23.8 Å². The van der Waals surface area contributed by atoms with Crippen LogP contribution < -0.4 is 0 Å². The number of esters is 1. The van der Waals surface area contributed by atoms with Crippen LogP contribution in [-0.2, 0) is 23.9 Å². The van der Waals surface area contributed by atoms with Crippen LogP contribution in [0.15, 0.2) is 23.8 Å². The molecule has 0 saturated heterocycles. The zero-order chi connectivity index (χ0) is 24.4. The first kappa shape index (κ1) is 24.3. The maximum atomic E-state index is 17.1. The monoisotopic (exact) mass is 480 g/mol. The van der Waals surface area contributed by atoms with E-state index in [0.717, 1.165) is 0 Å². The number of allylic oxidation sites excluding steroid dienone is 4. The zero-order valence-electron chi connectivity index (χ0n) is 19.4. The van der Waals surface area contributed by atoms with Gasteiger partial charge in [0.25, 0.3) is 0 Å². The summed E-state index contributed by atoms with van der Waals surface area (Å²) in [4.78, 5) is 51.5. The molecule has 0 spiro atoms. The first-order chi connectivity index (χ1) is 15.4. The third-order valence-corrected chi connectivity index (χ3v) is 9.67. The summed E-state index contributed by atoms with van der Waals surface area (Å²) >= 11 is 0.440. The largest absolute Gasteiger partial charge is 0.449 e. The van der Waals surface area contributed by atoms with Gasteiger partial charge in [-0.3, -0.25) is 19.2 Å². The van der Waals surface area contributed by atoms with E-state index in [0.29, 0.717) is 36.6 Å². The van der Waals surface area contributed by atoms with Crippen molar-refractivity contribution in [3.8, 4) is 0 Å². The van der Waals surface area contributed by atoms with Gasteiger partial charge in [0.15, 0.2) is 22.8 Å². The molecule has 4 aliphatic carbocycles. The van der Waals surface area contributed by atoms with Gasteiger partial charge in [-0.2, -0.15) is 0 Å². The van der Waals surface area contributed by atoms with Crippen molar-refractivity contribution < 1.29 is 32.7 Å². The molecule has 4 aliphatic rings. The molecule has 0 N–H and O–H groups in total. The third-order valence-electron chi connectivity index (χ3n) is 9.00. The maximum Gasteiger partial charge on any atom is 0.306 e. The Labute approximate surface area is 196 Å². The Morgan fingerprint density at radius 3 is 2.58 bits per heavy atom. The van der Waals surface area contributed by atoms with Gasteiger partial charge in [0.2, 0.25) is 5.12 Å². The number of thioether (sulfide) groups is 1. The molecule has 0 aromatic heterocycles. The Morgan fingerprint density at radius 1 is 1.24 bits per heavy atom. The molecule has 0 radical (unpaired) electrons. The van der Waals surface area contributed by atoms with Gasteiger partial charge in [-0.1, -0.05) is 32.4 Å². The van der Waals surface area contributed by atoms with Gasteiger partial charge >= 0.3 is 5.97 Å². The van der Waals surface area contributed by atoms with Crippen LogP contribution in [-0.4, -0.2) is 39.9 Å². The molecular formula is C25H30F2O5S. The van der Waals surface area contributed by atoms with Gasteiger partial charge in [0, 0.05) is 35.5 Å². The summed E-state index contributed by atoms with van der Waals surface area (Å²) in [5.74, 6) is -3.10. The molecule has 0 aromatic carbocycles. The summed E-state index contributed by atoms with van der Waals surface area (Å²) in [6, 6.07) is -0.979. The first-order valence-corrected chi connectivity index (χ1v) is 12.5. The van der Waals surface area contributed by atoms with Gasteiger partial charge in [-0.05, 0) is 56.0 Å². The number of carbonyl (C=O) groups excluding carboxylic acids is 4. The van der Waals surface area contributed by atoms with E-state index >= 15 is 4.39 Å². The predicted octanol–water partition coefficient (Wildman–Crippen LogP) is 4.69. The average Bonchev–Trinajstić information content (AvgIpc) is 2.97. The summed E-state index contributed by atoms with van der Waals surface area (Å²) < 4.78 is 36.2. The van der Waals surface area contributed by atoms with E-state index in [-0.39, 0.29) is 18.6 Å². The molecule has 0 heterocycles. The Hall–Kier alpha value is -1.83. The van der Waals surface area contributed by atoms with Crippen LogP contribution in [0.5, 0.6) is 0 Å². The molecule has 0 bridgehead atoms. The summed E-state index contributed by atoms with van der Waals surface area (Å²) in [5, 5.41) is -0.616. The lowest BCUT2D eigenvalue weighted by Crippen LogP contribution is -2.68. The first-order valence-electron chi connectivity index (χ1n) is 11.5. The number of hydrogen-bond acceptors (Lipinski definition) is 6. The number of hydrogen-bond donors (Lipinski definition) is 0. The molecule has 4 rings (SSSR count). The summed E-state index contributed by atoms with van der Waals surface area (Å²) in [6.07, 6.45) is 5.20. The maximum absolute atomic E-state index is 17.1. The molecule has 0 aromatic rings. The molecule has 8 heteroatoms. The highest BCUT2D eigenvalue weighted by molar-refractivity contribution is 8.13. The van der Waals surface area contributed by atoms with Crippen molar-refractivity contribution in [2.75, 3.05) is 6.01 Å². The van der Waals surface area contributed by atoms with Crippen LogP contribution in [0, 0.1) is 28.6 Å². The Balaban J connectivity index is 1.85. The van der Waals surface area contributed by atoms with E-state index in [4.69, 9.17) is 4.74 Å². The normalized spacial score (nSPS) is 43.9. The molecule has 0 amide bonds. The highest BCUT2D eigenvalue weighted by atomic mass is 32.2. The number of Topliss-reactive ketones (excluding diaryl/α,β-unsaturated/α-hetero) is 1. The second-order valence-electron chi connectivity index (χ2n) is 10.3. The van der Waals surface area contributed by atoms with Crippen LogP contribution in [0.4, 0.5) is 8.78 Å². The van der Waals surface area contributed by atoms with E-state index < -0.39 is 62.7 Å². The molecule has 33 heavy (non-hydrogen) atoms. The number of ether oxygens (including phenoxy) is 1. The number of alkyl halides is 2. The minimum atomic E-state index is -2.24. The van der Waals surface area contributed by atoms with Crippen molar-refractivity contribution in [2.24, 2.45) is 28.6 Å². The van der Waals surface area contributed by atoms with Crippen LogP contribution in [0.3, 0.4) is 0 Å². The van der Waals surface area contributed by atoms with E-state index in [1.807, 2.05) is 0 Å². The van der Waals surface area contributed by atoms with Crippen molar-refractivity contribution in [2.45, 2.75) is 71.1 Å². The third kappa shape index (κ3) is 2.94. The predicted molar refractivity (Wildman–Crippen MR) is 120 cm³/mol. The van der Waals surface area contributed by atoms with Crippen molar-refractivity contribution in [1.82, 2.24) is 0 Å². The van der Waals surface area contributed by atoms with E-state index in [9.17, 15) is 23.6 Å². The van der Waals surface area contributed by atoms with Gasteiger partial charge < -0.3 is 4.74 Å². The lowest BCUT2D eigenvalue weighted by atomic mass is 9.45. The average molecular weight is 481 g/mol. The van der Waals surface area contributed by atoms with Gasteiger partial charge in [0.05, 0.1) is 0 Å². The Kier molecular flexibility index (Phi) is 5.78. The van der Waals surface area contributed by atoms with Gasteiger partial charge in [-0.15, -0.1) is 0 Å². The van der Waals surface area contributed by atoms with Crippen molar-refractivity contribution in [3.63, 3.8) is 0 Å². The highest BCUT2D eigenvalue weighted by Gasteiger charge is 2.77. The number of halogens is 2. The molecule has 5 nitrogen and oxygen atoms in total. The second-order valence-corrected chi connectivity index (χ2v) is 11.2. The van der Waals surface area contributed by atoms with E-state index in [1.165, 1.54) is 18.2 Å². The van der Waals surface area contributed by atoms with Crippen molar-refractivity contribution >= 4 is 34.4 Å². The Bertz CT molecular complexity index is 991. The van der Waals surface area contributed by atoms with Crippen LogP contribution in [0.2, 0.25) is 0 Å². The van der Waals surface area contributed by atoms with Crippen LogP contribution in [0.1, 0.15) is 59.8 Å². The van der Waals surface area contributed by atoms with Gasteiger partial charge in [-0.25, -0.2) is 8.78 Å². The van der Waals surface area contributed by atoms with Crippen LogP contribution >= 0.6 is 11.8 Å². The lowest BCUT2D eigenvalue weighted by Gasteiger charge is -2.59. The highest BCUT2D eigenvalue weighted by Crippen LogP contribution is 2.70. The summed E-state index contributed by atoms with van der Waals surface area (Å²) in [6.45, 7) is 6.77.